The molecule has 6 rings (SSSR count). The van der Waals surface area contributed by atoms with Crippen molar-refractivity contribution >= 4 is 3.21 Å². The zero-order valence-electron chi connectivity index (χ0n) is 24.9. The van der Waals surface area contributed by atoms with Gasteiger partial charge < -0.3 is 0 Å². The van der Waals surface area contributed by atoms with Gasteiger partial charge in [-0.05, 0) is 0 Å². The first-order valence-electron chi connectivity index (χ1n) is 15.7. The summed E-state index contributed by atoms with van der Waals surface area (Å²) in [7, 11) is 0. The molecular weight excluding hydrogens is 572 g/mol. The third-order valence-electron chi connectivity index (χ3n) is 8.94. The summed E-state index contributed by atoms with van der Waals surface area (Å²) in [4.78, 5) is 0. The summed E-state index contributed by atoms with van der Waals surface area (Å²) in [6.45, 7) is 7.11. The van der Waals surface area contributed by atoms with E-state index in [0.29, 0.717) is 3.63 Å². The molecule has 2 aliphatic carbocycles. The van der Waals surface area contributed by atoms with E-state index < -0.39 is 21.3 Å². The Labute approximate surface area is 255 Å². The number of allylic oxidation sites excluding steroid dienone is 4. The predicted octanol–water partition coefficient (Wildman–Crippen LogP) is 11.0. The van der Waals surface area contributed by atoms with E-state index >= 15 is 0 Å². The van der Waals surface area contributed by atoms with E-state index in [2.05, 4.69) is 130 Å². The van der Waals surface area contributed by atoms with Crippen LogP contribution >= 0.6 is 0 Å². The minimum absolute atomic E-state index is 0.478. The zero-order chi connectivity index (χ0) is 28.2. The first-order chi connectivity index (χ1) is 20.3. The van der Waals surface area contributed by atoms with E-state index in [1.807, 2.05) is 3.28 Å². The van der Waals surface area contributed by atoms with Gasteiger partial charge in [0, 0.05) is 0 Å². The molecule has 0 aromatic heterocycles. The number of benzene rings is 4. The van der Waals surface area contributed by atoms with Gasteiger partial charge in [0.1, 0.15) is 0 Å². The Kier molecular flexibility index (Phi) is 8.93. The molecule has 1 heteroatoms. The molecule has 41 heavy (non-hydrogen) atoms. The minimum atomic E-state index is -2.72. The Bertz CT molecular complexity index is 1530. The zero-order valence-corrected chi connectivity index (χ0v) is 27.4. The summed E-state index contributed by atoms with van der Waals surface area (Å²) in [5, 5.41) is 0. The van der Waals surface area contributed by atoms with Gasteiger partial charge in [-0.2, -0.15) is 0 Å². The molecule has 0 heterocycles. The van der Waals surface area contributed by atoms with Crippen LogP contribution in [-0.2, 0) is 21.3 Å². The topological polar surface area (TPSA) is 0 Å². The monoisotopic (exact) mass is 612 g/mol. The molecule has 206 valence electrons. The molecule has 0 aliphatic heterocycles. The van der Waals surface area contributed by atoms with Crippen molar-refractivity contribution in [3.8, 4) is 11.1 Å². The van der Waals surface area contributed by atoms with Gasteiger partial charge in [0.15, 0.2) is 0 Å². The van der Waals surface area contributed by atoms with E-state index in [1.165, 1.54) is 67.2 Å². The van der Waals surface area contributed by atoms with Crippen molar-refractivity contribution < 1.29 is 21.3 Å². The van der Waals surface area contributed by atoms with Crippen molar-refractivity contribution in [2.75, 3.05) is 0 Å². The molecule has 2 aliphatic rings. The summed E-state index contributed by atoms with van der Waals surface area (Å²) in [5.41, 5.74) is 14.2. The van der Waals surface area contributed by atoms with Crippen molar-refractivity contribution in [3.05, 3.63) is 151 Å². The van der Waals surface area contributed by atoms with Crippen LogP contribution < -0.4 is 0 Å². The van der Waals surface area contributed by atoms with Crippen LogP contribution in [0.3, 0.4) is 0 Å². The van der Waals surface area contributed by atoms with Crippen LogP contribution in [-0.4, -0.2) is 3.21 Å². The Hall–Kier alpha value is -2.89. The maximum atomic E-state index is 2.45. The standard InChI is InChI=1S/C14H23.C13H9.C13H10.Zr/c1-4-7-12-10-11-13(8-5-2)14(12)9-6-3;1-3-7-12-10(5-1)9-11-6-2-4-8-13(11)12;1-3-7-12(8-4-1)11-13-9-5-2-6-10-13;/h4-10H2,1-3H3;1-9H;1-10H;. The molecule has 0 saturated heterocycles. The van der Waals surface area contributed by atoms with Crippen LogP contribution in [0.15, 0.2) is 129 Å². The van der Waals surface area contributed by atoms with Crippen LogP contribution in [0, 0.1) is 0 Å². The summed E-state index contributed by atoms with van der Waals surface area (Å²) in [5.74, 6) is 0. The van der Waals surface area contributed by atoms with Gasteiger partial charge in [-0.15, -0.1) is 0 Å². The van der Waals surface area contributed by atoms with Gasteiger partial charge in [0.05, 0.1) is 0 Å². The average Bonchev–Trinajstić information content (AvgIpc) is 3.52. The maximum absolute atomic E-state index is 2.72. The van der Waals surface area contributed by atoms with E-state index in [0.717, 1.165) is 0 Å². The SMILES string of the molecule is CCCC1=C(CCC)C(CCC)=[C]([Zr](=[C](c2ccccc2)c2ccccc2)[CH]2c3ccccc3-c3ccccc32)C1. The fourth-order valence-corrected chi connectivity index (χ4v) is 17.3. The van der Waals surface area contributed by atoms with Gasteiger partial charge in [0.2, 0.25) is 0 Å². The van der Waals surface area contributed by atoms with Crippen molar-refractivity contribution in [2.45, 2.75) is 69.3 Å². The number of fused-ring (bicyclic) bond motifs is 3. The van der Waals surface area contributed by atoms with E-state index in [4.69, 9.17) is 0 Å². The number of rotatable bonds is 10. The Morgan fingerprint density at radius 3 is 1.54 bits per heavy atom. The van der Waals surface area contributed by atoms with Crippen molar-refractivity contribution in [1.29, 1.82) is 0 Å². The van der Waals surface area contributed by atoms with E-state index in [-0.39, 0.29) is 0 Å². The Morgan fingerprint density at radius 1 is 0.561 bits per heavy atom. The molecule has 4 aromatic rings. The molecule has 0 atom stereocenters. The molecule has 0 amide bonds. The molecule has 0 radical (unpaired) electrons. The number of hydrogen-bond donors (Lipinski definition) is 0. The van der Waals surface area contributed by atoms with Crippen molar-refractivity contribution in [3.63, 3.8) is 0 Å². The second-order valence-corrected chi connectivity index (χ2v) is 17.8. The fourth-order valence-electron chi connectivity index (χ4n) is 7.37. The summed E-state index contributed by atoms with van der Waals surface area (Å²) >= 11 is -2.72. The molecular formula is C40H42Zr. The molecule has 0 bridgehead atoms. The molecule has 0 nitrogen and oxygen atoms in total. The first-order valence-corrected chi connectivity index (χ1v) is 19.6. The van der Waals surface area contributed by atoms with Gasteiger partial charge in [-0.3, -0.25) is 0 Å². The Morgan fingerprint density at radius 2 is 1.02 bits per heavy atom. The second kappa shape index (κ2) is 13.0. The van der Waals surface area contributed by atoms with E-state index in [9.17, 15) is 0 Å². The molecule has 0 saturated carbocycles. The van der Waals surface area contributed by atoms with Gasteiger partial charge in [0.25, 0.3) is 0 Å². The van der Waals surface area contributed by atoms with Crippen molar-refractivity contribution in [1.82, 2.24) is 0 Å². The molecule has 0 unspecified atom stereocenters. The van der Waals surface area contributed by atoms with Crippen molar-refractivity contribution in [2.24, 2.45) is 0 Å². The molecule has 0 fully saturated rings. The quantitative estimate of drug-likeness (QED) is 0.167. The van der Waals surface area contributed by atoms with Crippen LogP contribution in [0.25, 0.3) is 11.1 Å². The van der Waals surface area contributed by atoms with Crippen LogP contribution in [0.5, 0.6) is 0 Å². The van der Waals surface area contributed by atoms with Gasteiger partial charge in [-0.25, -0.2) is 0 Å². The van der Waals surface area contributed by atoms with Gasteiger partial charge >= 0.3 is 256 Å². The average molecular weight is 614 g/mol. The Balaban J connectivity index is 1.74. The summed E-state index contributed by atoms with van der Waals surface area (Å²) in [6, 6.07) is 41.6. The number of hydrogen-bond acceptors (Lipinski definition) is 0. The molecule has 4 aromatic carbocycles. The fraction of sp³-hybridized carbons (Fsp3) is 0.275. The third-order valence-corrected chi connectivity index (χ3v) is 17.4. The first kappa shape index (κ1) is 28.2. The summed E-state index contributed by atoms with van der Waals surface area (Å²) < 4.78 is 4.02. The molecule has 0 N–H and O–H groups in total. The van der Waals surface area contributed by atoms with Crippen LogP contribution in [0.2, 0.25) is 0 Å². The van der Waals surface area contributed by atoms with Crippen LogP contribution in [0.1, 0.15) is 91.6 Å². The van der Waals surface area contributed by atoms with Gasteiger partial charge in [-0.1, -0.05) is 0 Å². The third kappa shape index (κ3) is 5.39. The van der Waals surface area contributed by atoms with Crippen LogP contribution in [0.4, 0.5) is 0 Å². The normalized spacial score (nSPS) is 14.4. The predicted molar refractivity (Wildman–Crippen MR) is 173 cm³/mol. The summed E-state index contributed by atoms with van der Waals surface area (Å²) in [6.07, 6.45) is 8.57. The second-order valence-electron chi connectivity index (χ2n) is 11.6. The van der Waals surface area contributed by atoms with E-state index in [1.54, 1.807) is 31.1 Å². The molecule has 0 spiro atoms.